The van der Waals surface area contributed by atoms with E-state index in [0.29, 0.717) is 38.9 Å². The highest BCUT2D eigenvalue weighted by atomic mass is 32.2. The van der Waals surface area contributed by atoms with E-state index in [1.54, 1.807) is 11.0 Å². The van der Waals surface area contributed by atoms with Crippen molar-refractivity contribution >= 4 is 39.7 Å². The van der Waals surface area contributed by atoms with E-state index < -0.39 is 74.7 Å². The van der Waals surface area contributed by atoms with Gasteiger partial charge in [0.05, 0.1) is 0 Å². The zero-order valence-corrected chi connectivity index (χ0v) is 34.1. The smallest absolute Gasteiger partial charge is 0.303 e. The lowest BCUT2D eigenvalue weighted by atomic mass is 9.73. The van der Waals surface area contributed by atoms with Crippen molar-refractivity contribution in [2.75, 3.05) is 19.6 Å². The second-order valence-electron chi connectivity index (χ2n) is 18.8. The number of aromatic nitrogens is 2. The van der Waals surface area contributed by atoms with Crippen LogP contribution in [0.3, 0.4) is 0 Å². The summed E-state index contributed by atoms with van der Waals surface area (Å²) in [5.74, 6) is -3.59. The largest absolute Gasteiger partial charge is 0.342 e. The molecule has 6 atom stereocenters. The van der Waals surface area contributed by atoms with Crippen molar-refractivity contribution in [1.82, 2.24) is 40.2 Å². The Morgan fingerprint density at radius 2 is 1.64 bits per heavy atom. The number of nitrogens with one attached hydrogen (secondary N) is 4. The molecule has 308 valence electrons. The number of hydrogen-bond donors (Lipinski definition) is 4. The number of fused-ring (bicyclic) bond motifs is 1. The first-order chi connectivity index (χ1) is 26.3. The van der Waals surface area contributed by atoms with Crippen LogP contribution in [0.1, 0.15) is 122 Å². The third-order valence-corrected chi connectivity index (χ3v) is 16.2. The predicted molar refractivity (Wildman–Crippen MR) is 203 cm³/mol. The number of amides is 5. The predicted octanol–water partition coefficient (Wildman–Crippen LogP) is 2.59. The normalized spacial score (nSPS) is 30.6. The van der Waals surface area contributed by atoms with Crippen molar-refractivity contribution in [3.8, 4) is 0 Å². The summed E-state index contributed by atoms with van der Waals surface area (Å²) in [6.45, 7) is 14.7. The Morgan fingerprint density at radius 1 is 0.964 bits per heavy atom. The zero-order valence-electron chi connectivity index (χ0n) is 33.3. The van der Waals surface area contributed by atoms with Gasteiger partial charge in [0.1, 0.15) is 29.9 Å². The minimum atomic E-state index is -4.12. The molecule has 7 rings (SSSR count). The molecule has 2 spiro atoms. The zero-order chi connectivity index (χ0) is 40.5. The van der Waals surface area contributed by atoms with E-state index in [0.717, 1.165) is 51.4 Å². The minimum absolute atomic E-state index is 0.0392. The Bertz CT molecular complexity index is 1860. The average Bonchev–Trinajstić information content (AvgIpc) is 3.58. The fraction of sp³-hybridized carbons (Fsp3) is 0.769. The summed E-state index contributed by atoms with van der Waals surface area (Å²) in [6.07, 6.45) is 12.0. The van der Waals surface area contributed by atoms with Crippen molar-refractivity contribution in [1.29, 1.82) is 0 Å². The monoisotopic (exact) mass is 798 g/mol. The summed E-state index contributed by atoms with van der Waals surface area (Å²) in [5.41, 5.74) is -2.98. The molecule has 3 heterocycles. The Kier molecular flexibility index (Phi) is 10.2. The quantitative estimate of drug-likeness (QED) is 0.227. The first kappa shape index (κ1) is 40.3. The van der Waals surface area contributed by atoms with Crippen LogP contribution in [-0.2, 0) is 29.4 Å². The van der Waals surface area contributed by atoms with Crippen LogP contribution in [0.2, 0.25) is 0 Å². The van der Waals surface area contributed by atoms with Gasteiger partial charge >= 0.3 is 10.2 Å². The molecule has 2 saturated heterocycles. The second-order valence-corrected chi connectivity index (χ2v) is 20.5. The molecule has 17 heteroatoms. The summed E-state index contributed by atoms with van der Waals surface area (Å²) in [5, 5.41) is 15.9. The lowest BCUT2D eigenvalue weighted by Crippen LogP contribution is -2.62. The van der Waals surface area contributed by atoms with Gasteiger partial charge in [-0.3, -0.25) is 24.0 Å². The van der Waals surface area contributed by atoms with Crippen LogP contribution in [0.4, 0.5) is 0 Å². The van der Waals surface area contributed by atoms with Crippen molar-refractivity contribution in [2.45, 2.75) is 135 Å². The molecule has 1 aromatic heterocycles. The highest BCUT2D eigenvalue weighted by molar-refractivity contribution is 7.87. The van der Waals surface area contributed by atoms with E-state index in [2.05, 4.69) is 56.0 Å². The average molecular weight is 799 g/mol. The summed E-state index contributed by atoms with van der Waals surface area (Å²) < 4.78 is 34.3. The third kappa shape index (κ3) is 6.53. The first-order valence-corrected chi connectivity index (χ1v) is 21.7. The van der Waals surface area contributed by atoms with Crippen molar-refractivity contribution < 1.29 is 37.0 Å². The fourth-order valence-corrected chi connectivity index (χ4v) is 12.3. The number of nitrogens with zero attached hydrogens (tertiary/aromatic N) is 4. The van der Waals surface area contributed by atoms with Gasteiger partial charge in [-0.25, -0.2) is 9.35 Å². The molecule has 0 aromatic carbocycles. The molecule has 56 heavy (non-hydrogen) atoms. The van der Waals surface area contributed by atoms with E-state index in [4.69, 9.17) is 0 Å². The van der Waals surface area contributed by atoms with E-state index in [1.807, 2.05) is 20.8 Å². The molecule has 6 fully saturated rings. The van der Waals surface area contributed by atoms with Crippen LogP contribution in [0, 0.1) is 33.5 Å². The van der Waals surface area contributed by atoms with Crippen molar-refractivity contribution in [3.05, 3.63) is 24.5 Å². The molecule has 0 radical (unpaired) electrons. The molecule has 2 aliphatic heterocycles. The van der Waals surface area contributed by atoms with Crippen LogP contribution in [0.15, 0.2) is 23.5 Å². The van der Waals surface area contributed by atoms with Crippen LogP contribution in [-0.4, -0.2) is 101 Å². The van der Waals surface area contributed by atoms with Gasteiger partial charge in [-0.15, -0.1) is 6.58 Å². The van der Waals surface area contributed by atoms with E-state index in [9.17, 15) is 27.6 Å². The maximum absolute atomic E-state index is 15.1. The minimum Gasteiger partial charge on any atom is -0.342 e. The van der Waals surface area contributed by atoms with Crippen LogP contribution >= 0.6 is 0 Å². The molecule has 6 aliphatic rings. The molecule has 4 aliphatic carbocycles. The number of carbonyl (C=O) groups excluding carboxylic acids is 5. The lowest BCUT2D eigenvalue weighted by Gasteiger charge is -2.38. The van der Waals surface area contributed by atoms with Gasteiger partial charge in [-0.1, -0.05) is 71.5 Å². The van der Waals surface area contributed by atoms with Crippen molar-refractivity contribution in [2.24, 2.45) is 33.5 Å². The van der Waals surface area contributed by atoms with Gasteiger partial charge in [0, 0.05) is 31.0 Å². The third-order valence-electron chi connectivity index (χ3n) is 14.8. The van der Waals surface area contributed by atoms with Gasteiger partial charge in [0.25, 0.3) is 11.8 Å². The van der Waals surface area contributed by atoms with E-state index in [1.165, 1.54) is 10.5 Å². The summed E-state index contributed by atoms with van der Waals surface area (Å²) in [4.78, 5) is 72.6. The van der Waals surface area contributed by atoms with Crippen LogP contribution in [0.5, 0.6) is 0 Å². The Hall–Kier alpha value is -3.86. The molecule has 5 amide bonds. The molecular weight excluding hydrogens is 741 g/mol. The first-order valence-electron chi connectivity index (χ1n) is 20.3. The highest BCUT2D eigenvalue weighted by Gasteiger charge is 2.85. The second kappa shape index (κ2) is 14.2. The fourth-order valence-electron chi connectivity index (χ4n) is 11.0. The highest BCUT2D eigenvalue weighted by Crippen LogP contribution is 2.88. The summed E-state index contributed by atoms with van der Waals surface area (Å²) in [7, 11) is -4.12. The number of carbonyl (C=O) groups is 5. The van der Waals surface area contributed by atoms with Gasteiger partial charge in [-0.05, 0) is 78.7 Å². The SMILES string of the molecule is C=C[C@@H]1C[C@]1(NC(=O)[C@@H]1C[C@@]2(CN1C(=O)[C@@H](NC(=O)C(NC(=O)c1cnon1)C1CCCCC1)C(C)(C)C)C(C)(C)C21CCC1)C(=O)NS(=O)(=O)N1CCCC1. The van der Waals surface area contributed by atoms with Crippen LogP contribution in [0.25, 0.3) is 0 Å². The molecule has 4 N–H and O–H groups in total. The van der Waals surface area contributed by atoms with E-state index >= 15 is 4.79 Å². The number of hydrogen-bond acceptors (Lipinski definition) is 10. The number of likely N-dealkylation sites (tertiary alicyclic amines) is 1. The maximum Gasteiger partial charge on any atom is 0.303 e. The molecule has 4 saturated carbocycles. The molecule has 1 aromatic rings. The van der Waals surface area contributed by atoms with Gasteiger partial charge in [-0.2, -0.15) is 12.7 Å². The Labute approximate surface area is 329 Å². The Morgan fingerprint density at radius 3 is 2.18 bits per heavy atom. The molecule has 16 nitrogen and oxygen atoms in total. The molecule has 1 unspecified atom stereocenters. The molecular formula is C39H58N8O8S. The Balaban J connectivity index is 1.16. The van der Waals surface area contributed by atoms with Crippen LogP contribution < -0.4 is 20.7 Å². The van der Waals surface area contributed by atoms with Gasteiger partial charge in [0.2, 0.25) is 17.7 Å². The van der Waals surface area contributed by atoms with E-state index in [-0.39, 0.29) is 34.3 Å². The lowest BCUT2D eigenvalue weighted by molar-refractivity contribution is -0.145. The standard InChI is InChI=1S/C39H58N8O8S/c1-7-25-20-39(25,34(52)45-56(53,54)46-18-11-12-19-46)43-31(49)27-21-38(36(5,6)37(38)16-13-17-37)23-47(27)33(51)29(35(2,3)4)42-32(50)28(24-14-9-8-10-15-24)41-30(48)26-22-40-55-44-26/h7,22,24-25,27-29H,1,8-21,23H2,2-6H3,(H,41,48)(H,42,50)(H,43,49)(H,45,52)/t25-,27+,28?,29-,38-,39-/m1/s1. The summed E-state index contributed by atoms with van der Waals surface area (Å²) in [6, 6.07) is -3.02. The van der Waals surface area contributed by atoms with Gasteiger partial charge in [0.15, 0.2) is 5.69 Å². The maximum atomic E-state index is 15.1. The van der Waals surface area contributed by atoms with Gasteiger partial charge < -0.3 is 20.9 Å². The topological polar surface area (TPSA) is 213 Å². The summed E-state index contributed by atoms with van der Waals surface area (Å²) >= 11 is 0. The van der Waals surface area contributed by atoms with Crippen molar-refractivity contribution in [3.63, 3.8) is 0 Å². The molecule has 0 bridgehead atoms. The number of rotatable bonds is 12.